The molecule has 2 aliphatic rings. The van der Waals surface area contributed by atoms with E-state index in [4.69, 9.17) is 0 Å². The SMILES string of the molecule is O=C(N1CCC(Cn2cnc(-c3cccnc3)cc2=O)CC1)C1(c2ccc(F)cc2)CC1. The van der Waals surface area contributed by atoms with Crippen molar-refractivity contribution < 1.29 is 9.18 Å². The highest BCUT2D eigenvalue weighted by Gasteiger charge is 2.53. The van der Waals surface area contributed by atoms with Gasteiger partial charge < -0.3 is 4.90 Å². The molecule has 3 aromatic rings. The zero-order valence-corrected chi connectivity index (χ0v) is 17.8. The van der Waals surface area contributed by atoms with Crippen molar-refractivity contribution >= 4 is 5.91 Å². The van der Waals surface area contributed by atoms with Gasteiger partial charge in [-0.3, -0.25) is 19.1 Å². The molecule has 1 aliphatic carbocycles. The van der Waals surface area contributed by atoms with Crippen LogP contribution in [0.5, 0.6) is 0 Å². The minimum Gasteiger partial charge on any atom is -0.342 e. The van der Waals surface area contributed by atoms with Gasteiger partial charge in [-0.2, -0.15) is 0 Å². The van der Waals surface area contributed by atoms with Gasteiger partial charge in [0, 0.05) is 43.7 Å². The van der Waals surface area contributed by atoms with Gasteiger partial charge in [0.1, 0.15) is 5.82 Å². The number of nitrogens with zero attached hydrogens (tertiary/aromatic N) is 4. The Balaban J connectivity index is 1.21. The number of carbonyl (C=O) groups is 1. The fourth-order valence-corrected chi connectivity index (χ4v) is 4.65. The second-order valence-corrected chi connectivity index (χ2v) is 8.83. The maximum Gasteiger partial charge on any atom is 0.253 e. The number of piperidine rings is 1. The van der Waals surface area contributed by atoms with Gasteiger partial charge >= 0.3 is 0 Å². The Morgan fingerprint density at radius 1 is 1.12 bits per heavy atom. The molecule has 1 aliphatic heterocycles. The van der Waals surface area contributed by atoms with E-state index in [0.29, 0.717) is 31.2 Å². The van der Waals surface area contributed by atoms with E-state index < -0.39 is 5.41 Å². The highest BCUT2D eigenvalue weighted by atomic mass is 19.1. The molecule has 32 heavy (non-hydrogen) atoms. The van der Waals surface area contributed by atoms with Crippen LogP contribution in [0.4, 0.5) is 4.39 Å². The summed E-state index contributed by atoms with van der Waals surface area (Å²) in [5, 5.41) is 0. The van der Waals surface area contributed by atoms with E-state index in [1.54, 1.807) is 41.5 Å². The number of likely N-dealkylation sites (tertiary alicyclic amines) is 1. The lowest BCUT2D eigenvalue weighted by Gasteiger charge is -2.34. The number of pyridine rings is 1. The van der Waals surface area contributed by atoms with E-state index in [1.807, 2.05) is 17.0 Å². The molecule has 1 saturated carbocycles. The number of hydrogen-bond donors (Lipinski definition) is 0. The Morgan fingerprint density at radius 2 is 1.88 bits per heavy atom. The summed E-state index contributed by atoms with van der Waals surface area (Å²) >= 11 is 0. The van der Waals surface area contributed by atoms with E-state index in [9.17, 15) is 14.0 Å². The number of amides is 1. The van der Waals surface area contributed by atoms with Crippen molar-refractivity contribution in [1.82, 2.24) is 19.4 Å². The van der Waals surface area contributed by atoms with Gasteiger partial charge in [0.2, 0.25) is 5.91 Å². The number of rotatable bonds is 5. The summed E-state index contributed by atoms with van der Waals surface area (Å²) in [6.45, 7) is 1.97. The summed E-state index contributed by atoms with van der Waals surface area (Å²) in [7, 11) is 0. The minimum atomic E-state index is -0.469. The summed E-state index contributed by atoms with van der Waals surface area (Å²) < 4.78 is 14.9. The fraction of sp³-hybridized carbons (Fsp3) is 0.360. The first-order valence-corrected chi connectivity index (χ1v) is 11.1. The Morgan fingerprint density at radius 3 is 2.50 bits per heavy atom. The van der Waals surface area contributed by atoms with Crippen LogP contribution in [0.3, 0.4) is 0 Å². The van der Waals surface area contributed by atoms with E-state index in [0.717, 1.165) is 36.8 Å². The Hall–Kier alpha value is -3.35. The van der Waals surface area contributed by atoms with Crippen molar-refractivity contribution in [3.63, 3.8) is 0 Å². The van der Waals surface area contributed by atoms with Crippen LogP contribution in [-0.2, 0) is 16.8 Å². The third kappa shape index (κ3) is 3.95. The molecule has 1 amide bonds. The third-order valence-corrected chi connectivity index (χ3v) is 6.75. The first kappa shape index (κ1) is 20.5. The summed E-state index contributed by atoms with van der Waals surface area (Å²) in [5.74, 6) is 0.196. The molecule has 0 N–H and O–H groups in total. The highest BCUT2D eigenvalue weighted by molar-refractivity contribution is 5.91. The molecule has 3 heterocycles. The summed E-state index contributed by atoms with van der Waals surface area (Å²) in [5.41, 5.74) is 1.81. The van der Waals surface area contributed by atoms with Gasteiger partial charge in [-0.1, -0.05) is 12.1 Å². The summed E-state index contributed by atoms with van der Waals surface area (Å²) in [6, 6.07) is 11.6. The maximum absolute atomic E-state index is 13.3. The monoisotopic (exact) mass is 432 g/mol. The van der Waals surface area contributed by atoms with Crippen molar-refractivity contribution in [2.75, 3.05) is 13.1 Å². The number of aromatic nitrogens is 3. The van der Waals surface area contributed by atoms with Crippen LogP contribution in [0.2, 0.25) is 0 Å². The van der Waals surface area contributed by atoms with Gasteiger partial charge in [-0.15, -0.1) is 0 Å². The minimum absolute atomic E-state index is 0.0781. The smallest absolute Gasteiger partial charge is 0.253 e. The standard InChI is InChI=1S/C25H25FN4O2/c26-21-5-3-20(4-6-21)25(9-10-25)24(32)29-12-7-18(8-13-29)16-30-17-28-22(14-23(30)31)19-2-1-11-27-15-19/h1-6,11,14-15,17-18H,7-10,12-13,16H2. The molecular formula is C25H25FN4O2. The third-order valence-electron chi connectivity index (χ3n) is 6.75. The normalized spacial score (nSPS) is 17.8. The van der Waals surface area contributed by atoms with Gasteiger partial charge in [0.05, 0.1) is 17.4 Å². The summed E-state index contributed by atoms with van der Waals surface area (Å²) in [4.78, 5) is 36.3. The number of halogens is 1. The molecule has 5 rings (SSSR count). The average molecular weight is 432 g/mol. The first-order chi connectivity index (χ1) is 15.5. The molecule has 0 unspecified atom stereocenters. The lowest BCUT2D eigenvalue weighted by Crippen LogP contribution is -2.44. The number of benzene rings is 1. The summed E-state index contributed by atoms with van der Waals surface area (Å²) in [6.07, 6.45) is 8.33. The van der Waals surface area contributed by atoms with Crippen LogP contribution in [0.15, 0.2) is 66.0 Å². The lowest BCUT2D eigenvalue weighted by atomic mass is 9.91. The zero-order valence-electron chi connectivity index (χ0n) is 17.8. The van der Waals surface area contributed by atoms with Crippen LogP contribution in [0.25, 0.3) is 11.3 Å². The second kappa shape index (κ2) is 8.30. The van der Waals surface area contributed by atoms with E-state index in [1.165, 1.54) is 12.1 Å². The van der Waals surface area contributed by atoms with Gasteiger partial charge in [-0.05, 0) is 61.4 Å². The molecule has 6 nitrogen and oxygen atoms in total. The number of carbonyl (C=O) groups excluding carboxylic acids is 1. The Labute approximate surface area is 185 Å². The largest absolute Gasteiger partial charge is 0.342 e. The molecule has 0 radical (unpaired) electrons. The molecule has 7 heteroatoms. The topological polar surface area (TPSA) is 68.1 Å². The second-order valence-electron chi connectivity index (χ2n) is 8.83. The van der Waals surface area contributed by atoms with E-state index in [-0.39, 0.29) is 17.3 Å². The predicted octanol–water partition coefficient (Wildman–Crippen LogP) is 3.41. The van der Waals surface area contributed by atoms with Crippen molar-refractivity contribution in [1.29, 1.82) is 0 Å². The van der Waals surface area contributed by atoms with Gasteiger partial charge in [0.25, 0.3) is 5.56 Å². The van der Waals surface area contributed by atoms with Crippen molar-refractivity contribution in [3.05, 3.63) is 82.9 Å². The van der Waals surface area contributed by atoms with E-state index >= 15 is 0 Å². The van der Waals surface area contributed by atoms with Crippen LogP contribution in [0, 0.1) is 11.7 Å². The molecule has 1 aromatic carbocycles. The zero-order chi connectivity index (χ0) is 22.1. The van der Waals surface area contributed by atoms with Crippen molar-refractivity contribution in [2.45, 2.75) is 37.6 Å². The van der Waals surface area contributed by atoms with Crippen LogP contribution < -0.4 is 5.56 Å². The Bertz CT molecular complexity index is 1160. The highest BCUT2D eigenvalue weighted by Crippen LogP contribution is 2.50. The molecule has 0 bridgehead atoms. The fourth-order valence-electron chi connectivity index (χ4n) is 4.65. The van der Waals surface area contributed by atoms with Crippen LogP contribution >= 0.6 is 0 Å². The molecular weight excluding hydrogens is 407 g/mol. The van der Waals surface area contributed by atoms with Gasteiger partial charge in [0.15, 0.2) is 0 Å². The molecule has 0 spiro atoms. The lowest BCUT2D eigenvalue weighted by molar-refractivity contribution is -0.135. The molecule has 2 aromatic heterocycles. The number of hydrogen-bond acceptors (Lipinski definition) is 4. The van der Waals surface area contributed by atoms with Gasteiger partial charge in [-0.25, -0.2) is 9.37 Å². The van der Waals surface area contributed by atoms with Crippen molar-refractivity contribution in [2.24, 2.45) is 5.92 Å². The Kier molecular flexibility index (Phi) is 5.33. The molecule has 2 fully saturated rings. The molecule has 0 atom stereocenters. The van der Waals surface area contributed by atoms with E-state index in [2.05, 4.69) is 9.97 Å². The molecule has 1 saturated heterocycles. The predicted molar refractivity (Wildman–Crippen MR) is 118 cm³/mol. The van der Waals surface area contributed by atoms with Crippen molar-refractivity contribution in [3.8, 4) is 11.3 Å². The maximum atomic E-state index is 13.3. The van der Waals surface area contributed by atoms with Crippen LogP contribution in [0.1, 0.15) is 31.2 Å². The first-order valence-electron chi connectivity index (χ1n) is 11.1. The average Bonchev–Trinajstić information content (AvgIpc) is 3.63. The quantitative estimate of drug-likeness (QED) is 0.620. The van der Waals surface area contributed by atoms with Crippen LogP contribution in [-0.4, -0.2) is 38.4 Å². The molecule has 164 valence electrons.